The van der Waals surface area contributed by atoms with Gasteiger partial charge < -0.3 is 10.2 Å². The Kier molecular flexibility index (Phi) is 5.47. The van der Waals surface area contributed by atoms with Crippen LogP contribution < -0.4 is 5.32 Å². The van der Waals surface area contributed by atoms with E-state index in [1.807, 2.05) is 25.1 Å². The number of thiazole rings is 1. The van der Waals surface area contributed by atoms with Crippen LogP contribution >= 0.6 is 23.1 Å². The average Bonchev–Trinajstić information content (AvgIpc) is 3.22. The van der Waals surface area contributed by atoms with Gasteiger partial charge in [0.05, 0.1) is 5.88 Å². The maximum absolute atomic E-state index is 12.5. The van der Waals surface area contributed by atoms with Gasteiger partial charge in [0, 0.05) is 35.1 Å². The van der Waals surface area contributed by atoms with Crippen molar-refractivity contribution in [2.45, 2.75) is 25.8 Å². The minimum absolute atomic E-state index is 0.0128. The molecule has 0 spiro atoms. The van der Waals surface area contributed by atoms with Crippen LogP contribution in [0.2, 0.25) is 0 Å². The summed E-state index contributed by atoms with van der Waals surface area (Å²) in [6.07, 6.45) is 4.38. The fraction of sp³-hybridized carbons (Fsp3) is 0.375. The van der Waals surface area contributed by atoms with Crippen LogP contribution in [0, 0.1) is 6.92 Å². The largest absolute Gasteiger partial charge is 0.321 e. The number of aromatic nitrogens is 2. The minimum atomic E-state index is -0.435. The molecule has 2 aromatic rings. The highest BCUT2D eigenvalue weighted by Gasteiger charge is 2.34. The zero-order valence-electron chi connectivity index (χ0n) is 13.3. The van der Waals surface area contributed by atoms with Gasteiger partial charge in [0.25, 0.3) is 0 Å². The first kappa shape index (κ1) is 16.9. The molecule has 0 radical (unpaired) electrons. The van der Waals surface area contributed by atoms with Crippen LogP contribution in [0.3, 0.4) is 0 Å². The fourth-order valence-corrected chi connectivity index (χ4v) is 4.28. The van der Waals surface area contributed by atoms with Crippen molar-refractivity contribution >= 4 is 40.0 Å². The maximum Gasteiger partial charge on any atom is 0.249 e. The number of pyridine rings is 1. The van der Waals surface area contributed by atoms with Crippen LogP contribution in [0.15, 0.2) is 30.6 Å². The Balaban J connectivity index is 1.57. The third-order valence-electron chi connectivity index (χ3n) is 3.68. The second-order valence-corrected chi connectivity index (χ2v) is 7.70. The van der Waals surface area contributed by atoms with Gasteiger partial charge in [0.2, 0.25) is 11.8 Å². The summed E-state index contributed by atoms with van der Waals surface area (Å²) in [6, 6.07) is 5.23. The lowest BCUT2D eigenvalue weighted by atomic mass is 10.2. The fourth-order valence-electron chi connectivity index (χ4n) is 2.43. The first-order valence-electron chi connectivity index (χ1n) is 7.64. The highest BCUT2D eigenvalue weighted by Crippen LogP contribution is 2.24. The molecule has 1 unspecified atom stereocenters. The van der Waals surface area contributed by atoms with Gasteiger partial charge in [0.1, 0.15) is 6.04 Å². The van der Waals surface area contributed by atoms with Crippen molar-refractivity contribution in [2.24, 2.45) is 0 Å². The Labute approximate surface area is 148 Å². The lowest BCUT2D eigenvalue weighted by Crippen LogP contribution is -2.44. The third kappa shape index (κ3) is 4.12. The van der Waals surface area contributed by atoms with E-state index in [0.717, 1.165) is 10.6 Å². The molecule has 1 N–H and O–H groups in total. The Hall–Kier alpha value is -1.93. The summed E-state index contributed by atoms with van der Waals surface area (Å²) in [4.78, 5) is 36.0. The highest BCUT2D eigenvalue weighted by atomic mass is 32.2. The van der Waals surface area contributed by atoms with E-state index in [4.69, 9.17) is 0 Å². The molecule has 126 valence electrons. The summed E-state index contributed by atoms with van der Waals surface area (Å²) >= 11 is 3.03. The van der Waals surface area contributed by atoms with E-state index in [1.54, 1.807) is 29.1 Å². The van der Waals surface area contributed by atoms with Crippen molar-refractivity contribution in [3.05, 3.63) is 41.2 Å². The van der Waals surface area contributed by atoms with Crippen molar-refractivity contribution in [3.8, 4) is 0 Å². The first-order valence-corrected chi connectivity index (χ1v) is 9.61. The van der Waals surface area contributed by atoms with Crippen LogP contribution in [0.5, 0.6) is 0 Å². The van der Waals surface area contributed by atoms with Crippen molar-refractivity contribution < 1.29 is 9.59 Å². The molecule has 1 saturated heterocycles. The number of amides is 2. The highest BCUT2D eigenvalue weighted by molar-refractivity contribution is 7.99. The Bertz CT molecular complexity index is 720. The predicted molar refractivity (Wildman–Crippen MR) is 96.0 cm³/mol. The summed E-state index contributed by atoms with van der Waals surface area (Å²) in [5, 5.41) is 3.39. The molecule has 0 aliphatic carbocycles. The number of nitrogens with one attached hydrogen (secondary N) is 1. The third-order valence-corrected chi connectivity index (χ3v) is 5.52. The van der Waals surface area contributed by atoms with E-state index < -0.39 is 6.04 Å². The summed E-state index contributed by atoms with van der Waals surface area (Å²) in [5.74, 6) is 0.989. The maximum atomic E-state index is 12.5. The van der Waals surface area contributed by atoms with Gasteiger partial charge in [-0.1, -0.05) is 6.07 Å². The summed E-state index contributed by atoms with van der Waals surface area (Å²) in [5.41, 5.74) is 0.886. The molecular weight excluding hydrogens is 344 g/mol. The monoisotopic (exact) mass is 362 g/mol. The quantitative estimate of drug-likeness (QED) is 0.883. The first-order chi connectivity index (χ1) is 11.6. The summed E-state index contributed by atoms with van der Waals surface area (Å²) < 4.78 is 0. The van der Waals surface area contributed by atoms with Gasteiger partial charge in [-0.05, 0) is 25.5 Å². The molecule has 3 heterocycles. The van der Waals surface area contributed by atoms with Crippen molar-refractivity contribution in [3.63, 3.8) is 0 Å². The van der Waals surface area contributed by atoms with Crippen LogP contribution in [-0.2, 0) is 16.0 Å². The van der Waals surface area contributed by atoms with E-state index in [0.29, 0.717) is 29.6 Å². The van der Waals surface area contributed by atoms with Crippen molar-refractivity contribution in [2.75, 3.05) is 16.9 Å². The lowest BCUT2D eigenvalue weighted by Gasteiger charge is -2.22. The van der Waals surface area contributed by atoms with E-state index in [1.165, 1.54) is 11.3 Å². The number of nitrogens with zero attached hydrogens (tertiary/aromatic N) is 3. The molecule has 24 heavy (non-hydrogen) atoms. The van der Waals surface area contributed by atoms with Crippen molar-refractivity contribution in [1.29, 1.82) is 0 Å². The molecule has 0 saturated carbocycles. The smallest absolute Gasteiger partial charge is 0.249 e. The van der Waals surface area contributed by atoms with Crippen LogP contribution in [0.25, 0.3) is 0 Å². The molecule has 1 aliphatic heterocycles. The van der Waals surface area contributed by atoms with Gasteiger partial charge in [-0.25, -0.2) is 4.98 Å². The van der Waals surface area contributed by atoms with E-state index in [2.05, 4.69) is 15.3 Å². The summed E-state index contributed by atoms with van der Waals surface area (Å²) in [6.45, 7) is 1.94. The number of aryl methyl sites for hydroxylation is 2. The second kappa shape index (κ2) is 7.76. The number of anilines is 1. The molecule has 1 fully saturated rings. The van der Waals surface area contributed by atoms with E-state index in [-0.39, 0.29) is 11.8 Å². The van der Waals surface area contributed by atoms with Crippen molar-refractivity contribution in [1.82, 2.24) is 14.9 Å². The number of carbonyl (C=O) groups is 2. The average molecular weight is 362 g/mol. The Morgan fingerprint density at radius 1 is 1.38 bits per heavy atom. The number of hydrogen-bond donors (Lipinski definition) is 1. The van der Waals surface area contributed by atoms with Gasteiger partial charge in [-0.2, -0.15) is 0 Å². The van der Waals surface area contributed by atoms with Crippen LogP contribution in [-0.4, -0.2) is 44.4 Å². The van der Waals surface area contributed by atoms with E-state index in [9.17, 15) is 9.59 Å². The molecule has 2 aromatic heterocycles. The molecular formula is C16H18N4O2S2. The molecule has 3 rings (SSSR count). The van der Waals surface area contributed by atoms with Gasteiger partial charge in [-0.3, -0.25) is 14.6 Å². The van der Waals surface area contributed by atoms with Crippen LogP contribution in [0.4, 0.5) is 5.13 Å². The molecule has 1 atom stereocenters. The van der Waals surface area contributed by atoms with Crippen LogP contribution in [0.1, 0.15) is 17.0 Å². The van der Waals surface area contributed by atoms with E-state index >= 15 is 0 Å². The summed E-state index contributed by atoms with van der Waals surface area (Å²) in [7, 11) is 0. The topological polar surface area (TPSA) is 75.2 Å². The van der Waals surface area contributed by atoms with Gasteiger partial charge >= 0.3 is 0 Å². The molecule has 8 heteroatoms. The predicted octanol–water partition coefficient (Wildman–Crippen LogP) is 2.32. The molecule has 2 amide bonds. The Morgan fingerprint density at radius 2 is 2.25 bits per heavy atom. The lowest BCUT2D eigenvalue weighted by molar-refractivity contribution is -0.136. The SMILES string of the molecule is Cc1cnc(NC(=O)C2CSCN2C(=O)CCc2ccccn2)s1. The minimum Gasteiger partial charge on any atom is -0.321 e. The molecule has 1 aliphatic rings. The zero-order chi connectivity index (χ0) is 16.9. The molecule has 0 aromatic carbocycles. The Morgan fingerprint density at radius 3 is 2.96 bits per heavy atom. The molecule has 0 bridgehead atoms. The second-order valence-electron chi connectivity index (χ2n) is 5.47. The zero-order valence-corrected chi connectivity index (χ0v) is 14.9. The normalized spacial score (nSPS) is 17.0. The number of thioether (sulfide) groups is 1. The number of hydrogen-bond acceptors (Lipinski definition) is 6. The standard InChI is InChI=1S/C16H18N4O2S2/c1-11-8-18-16(24-11)19-15(22)13-9-23-10-20(13)14(21)6-5-12-4-2-3-7-17-12/h2-4,7-8,13H,5-6,9-10H2,1H3,(H,18,19,22). The number of rotatable bonds is 5. The van der Waals surface area contributed by atoms with Gasteiger partial charge in [-0.15, -0.1) is 23.1 Å². The number of carbonyl (C=O) groups excluding carboxylic acids is 2. The van der Waals surface area contributed by atoms with Gasteiger partial charge in [0.15, 0.2) is 5.13 Å². The molecule has 6 nitrogen and oxygen atoms in total.